The number of nitrogens with two attached hydrogens (primary N) is 1. The first-order valence-corrected chi connectivity index (χ1v) is 6.20. The van der Waals surface area contributed by atoms with E-state index in [-0.39, 0.29) is 18.4 Å². The number of hydrogen-bond acceptors (Lipinski definition) is 2. The van der Waals surface area contributed by atoms with Crippen molar-refractivity contribution in [3.05, 3.63) is 54.6 Å². The van der Waals surface area contributed by atoms with Crippen molar-refractivity contribution in [3.8, 4) is 5.75 Å². The van der Waals surface area contributed by atoms with E-state index in [0.717, 1.165) is 24.2 Å². The lowest BCUT2D eigenvalue weighted by atomic mass is 9.95. The zero-order valence-corrected chi connectivity index (χ0v) is 12.0. The van der Waals surface area contributed by atoms with Gasteiger partial charge in [0.25, 0.3) is 0 Å². The molecule has 3 heteroatoms. The van der Waals surface area contributed by atoms with Crippen LogP contribution in [0.25, 0.3) is 10.8 Å². The number of methoxy groups -OCH3 is 1. The average molecular weight is 278 g/mol. The van der Waals surface area contributed by atoms with Gasteiger partial charge in [0.1, 0.15) is 5.75 Å². The summed E-state index contributed by atoms with van der Waals surface area (Å²) in [7, 11) is 1.69. The maximum atomic E-state index is 6.30. The molecule has 0 heterocycles. The van der Waals surface area contributed by atoms with Gasteiger partial charge in [0.2, 0.25) is 0 Å². The molecule has 0 saturated carbocycles. The summed E-state index contributed by atoms with van der Waals surface area (Å²) in [6.45, 7) is 3.74. The first kappa shape index (κ1) is 15.5. The molecular weight excluding hydrogens is 258 g/mol. The molecular formula is C16H20ClNO. The second kappa shape index (κ2) is 7.17. The summed E-state index contributed by atoms with van der Waals surface area (Å²) in [5.41, 5.74) is 7.39. The van der Waals surface area contributed by atoms with Crippen molar-refractivity contribution >= 4 is 23.2 Å². The number of fused-ring (bicyclic) bond motifs is 1. The number of ether oxygens (including phenoxy) is 1. The Morgan fingerprint density at radius 2 is 2.00 bits per heavy atom. The van der Waals surface area contributed by atoms with Gasteiger partial charge in [-0.25, -0.2) is 0 Å². The molecule has 0 unspecified atom stereocenters. The fraction of sp³-hybridized carbons (Fsp3) is 0.250. The van der Waals surface area contributed by atoms with Crippen molar-refractivity contribution in [3.63, 3.8) is 0 Å². The summed E-state index contributed by atoms with van der Waals surface area (Å²) in [6.07, 6.45) is 3.69. The second-order valence-electron chi connectivity index (χ2n) is 4.38. The van der Waals surface area contributed by atoms with Crippen LogP contribution in [0.2, 0.25) is 0 Å². The van der Waals surface area contributed by atoms with Crippen molar-refractivity contribution in [2.24, 2.45) is 5.73 Å². The summed E-state index contributed by atoms with van der Waals surface area (Å²) in [5, 5.41) is 2.37. The van der Waals surface area contributed by atoms with E-state index < -0.39 is 0 Å². The normalized spacial score (nSPS) is 11.7. The molecule has 2 rings (SSSR count). The first-order chi connectivity index (χ1) is 8.77. The first-order valence-electron chi connectivity index (χ1n) is 6.20. The fourth-order valence-corrected chi connectivity index (χ4v) is 2.28. The summed E-state index contributed by atoms with van der Waals surface area (Å²) in [6, 6.07) is 12.3. The van der Waals surface area contributed by atoms with Gasteiger partial charge in [0.15, 0.2) is 0 Å². The van der Waals surface area contributed by atoms with E-state index in [9.17, 15) is 0 Å². The summed E-state index contributed by atoms with van der Waals surface area (Å²) >= 11 is 0. The molecule has 0 aliphatic carbocycles. The second-order valence-corrected chi connectivity index (χ2v) is 4.38. The molecule has 0 radical (unpaired) electrons. The van der Waals surface area contributed by atoms with Crippen LogP contribution in [0.15, 0.2) is 49.1 Å². The molecule has 2 aromatic rings. The number of benzene rings is 2. The zero-order valence-electron chi connectivity index (χ0n) is 11.1. The van der Waals surface area contributed by atoms with Crippen LogP contribution in [0, 0.1) is 0 Å². The maximum Gasteiger partial charge on any atom is 0.124 e. The maximum absolute atomic E-state index is 6.30. The standard InChI is InChI=1S/C16H19NO.ClH/c1-3-4-9-14(17)16-13-8-6-5-7-12(13)10-11-15(16)18-2;/h3,5-8,10-11,14H,1,4,9,17H2,2H3;1H/t14-;/m0./s1. The lowest BCUT2D eigenvalue weighted by Gasteiger charge is -2.17. The molecule has 0 bridgehead atoms. The van der Waals surface area contributed by atoms with Gasteiger partial charge >= 0.3 is 0 Å². The van der Waals surface area contributed by atoms with Crippen LogP contribution in [-0.4, -0.2) is 7.11 Å². The Morgan fingerprint density at radius 1 is 1.26 bits per heavy atom. The Kier molecular flexibility index (Phi) is 5.87. The molecule has 2 aromatic carbocycles. The van der Waals surface area contributed by atoms with E-state index in [1.807, 2.05) is 24.3 Å². The molecule has 0 amide bonds. The van der Waals surface area contributed by atoms with Crippen molar-refractivity contribution in [1.82, 2.24) is 0 Å². The molecule has 0 aromatic heterocycles. The predicted molar refractivity (Wildman–Crippen MR) is 84.1 cm³/mol. The van der Waals surface area contributed by atoms with E-state index in [4.69, 9.17) is 10.5 Å². The predicted octanol–water partition coefficient (Wildman–Crippen LogP) is 4.24. The number of halogens is 1. The Morgan fingerprint density at radius 3 is 2.68 bits per heavy atom. The van der Waals surface area contributed by atoms with Gasteiger partial charge in [-0.05, 0) is 29.7 Å². The quantitative estimate of drug-likeness (QED) is 0.830. The molecule has 0 spiro atoms. The van der Waals surface area contributed by atoms with Crippen molar-refractivity contribution in [1.29, 1.82) is 0 Å². The van der Waals surface area contributed by atoms with E-state index in [1.54, 1.807) is 7.11 Å². The minimum atomic E-state index is -0.0240. The largest absolute Gasteiger partial charge is 0.496 e. The van der Waals surface area contributed by atoms with Crippen LogP contribution in [0.5, 0.6) is 5.75 Å². The van der Waals surface area contributed by atoms with Gasteiger partial charge in [-0.1, -0.05) is 36.4 Å². The van der Waals surface area contributed by atoms with Crippen molar-refractivity contribution < 1.29 is 4.74 Å². The molecule has 0 aliphatic heterocycles. The number of allylic oxidation sites excluding steroid dienone is 1. The molecule has 0 aliphatic rings. The summed E-state index contributed by atoms with van der Waals surface area (Å²) < 4.78 is 5.45. The van der Waals surface area contributed by atoms with E-state index in [2.05, 4.69) is 24.8 Å². The zero-order chi connectivity index (χ0) is 13.0. The van der Waals surface area contributed by atoms with Gasteiger partial charge in [-0.2, -0.15) is 0 Å². The van der Waals surface area contributed by atoms with Gasteiger partial charge in [0, 0.05) is 11.6 Å². The summed E-state index contributed by atoms with van der Waals surface area (Å²) in [4.78, 5) is 0. The molecule has 19 heavy (non-hydrogen) atoms. The van der Waals surface area contributed by atoms with Crippen LogP contribution in [0.4, 0.5) is 0 Å². The van der Waals surface area contributed by atoms with Crippen LogP contribution in [0.1, 0.15) is 24.4 Å². The Hall–Kier alpha value is -1.51. The highest BCUT2D eigenvalue weighted by molar-refractivity contribution is 5.88. The van der Waals surface area contributed by atoms with E-state index in [1.165, 1.54) is 10.8 Å². The SMILES string of the molecule is C=CCC[C@H](N)c1c(OC)ccc2ccccc12.Cl. The highest BCUT2D eigenvalue weighted by Crippen LogP contribution is 2.33. The smallest absolute Gasteiger partial charge is 0.124 e. The molecule has 102 valence electrons. The minimum absolute atomic E-state index is 0. The van der Waals surface area contributed by atoms with Crippen molar-refractivity contribution in [2.45, 2.75) is 18.9 Å². The number of rotatable bonds is 5. The Balaban J connectivity index is 0.00000180. The van der Waals surface area contributed by atoms with Crippen LogP contribution in [0.3, 0.4) is 0 Å². The highest BCUT2D eigenvalue weighted by Gasteiger charge is 2.14. The van der Waals surface area contributed by atoms with Gasteiger partial charge < -0.3 is 10.5 Å². The van der Waals surface area contributed by atoms with Crippen LogP contribution in [-0.2, 0) is 0 Å². The average Bonchev–Trinajstić information content (AvgIpc) is 2.43. The molecule has 0 fully saturated rings. The molecule has 2 N–H and O–H groups in total. The Bertz CT molecular complexity index is 553. The van der Waals surface area contributed by atoms with Gasteiger partial charge in [-0.3, -0.25) is 0 Å². The lowest BCUT2D eigenvalue weighted by molar-refractivity contribution is 0.405. The van der Waals surface area contributed by atoms with E-state index in [0.29, 0.717) is 0 Å². The summed E-state index contributed by atoms with van der Waals surface area (Å²) in [5.74, 6) is 0.866. The highest BCUT2D eigenvalue weighted by atomic mass is 35.5. The molecule has 2 nitrogen and oxygen atoms in total. The molecule has 0 saturated heterocycles. The van der Waals surface area contributed by atoms with Gasteiger partial charge in [0.05, 0.1) is 7.11 Å². The lowest BCUT2D eigenvalue weighted by Crippen LogP contribution is -2.11. The topological polar surface area (TPSA) is 35.2 Å². The third-order valence-corrected chi connectivity index (χ3v) is 3.20. The third kappa shape index (κ3) is 3.28. The Labute approximate surface area is 120 Å². The monoisotopic (exact) mass is 277 g/mol. The van der Waals surface area contributed by atoms with Crippen LogP contribution >= 0.6 is 12.4 Å². The van der Waals surface area contributed by atoms with E-state index >= 15 is 0 Å². The van der Waals surface area contributed by atoms with Crippen LogP contribution < -0.4 is 10.5 Å². The third-order valence-electron chi connectivity index (χ3n) is 3.20. The van der Waals surface area contributed by atoms with Gasteiger partial charge in [-0.15, -0.1) is 19.0 Å². The fourth-order valence-electron chi connectivity index (χ4n) is 2.28. The molecule has 1 atom stereocenters. The van der Waals surface area contributed by atoms with Crippen molar-refractivity contribution in [2.75, 3.05) is 7.11 Å². The minimum Gasteiger partial charge on any atom is -0.496 e. The number of hydrogen-bond donors (Lipinski definition) is 1.